The lowest BCUT2D eigenvalue weighted by molar-refractivity contribution is 0.102. The third-order valence-corrected chi connectivity index (χ3v) is 4.18. The smallest absolute Gasteiger partial charge is 0.257 e. The van der Waals surface area contributed by atoms with Gasteiger partial charge in [0.15, 0.2) is 0 Å². The summed E-state index contributed by atoms with van der Waals surface area (Å²) in [5, 5.41) is 5.69. The molecule has 1 heterocycles. The molecule has 1 amide bonds. The van der Waals surface area contributed by atoms with Crippen molar-refractivity contribution in [3.8, 4) is 5.75 Å². The summed E-state index contributed by atoms with van der Waals surface area (Å²) in [4.78, 5) is 12.4. The minimum Gasteiger partial charge on any atom is -0.495 e. The fraction of sp³-hybridized carbons (Fsp3) is 0.0625. The Hall–Kier alpha value is -2.53. The van der Waals surface area contributed by atoms with E-state index in [-0.39, 0.29) is 5.91 Å². The van der Waals surface area contributed by atoms with Crippen molar-refractivity contribution in [2.45, 2.75) is 0 Å². The van der Waals surface area contributed by atoms with E-state index in [9.17, 15) is 4.79 Å². The lowest BCUT2D eigenvalue weighted by atomic mass is 10.1. The van der Waals surface area contributed by atoms with Gasteiger partial charge in [-0.15, -0.1) is 11.3 Å². The number of nitrogens with one attached hydrogen (secondary N) is 1. The molecule has 2 aromatic carbocycles. The second kappa shape index (κ2) is 5.46. The summed E-state index contributed by atoms with van der Waals surface area (Å²) in [6.45, 7) is 0. The maximum atomic E-state index is 12.4. The highest BCUT2D eigenvalue weighted by Gasteiger charge is 2.12. The number of methoxy groups -OCH3 is 1. The molecular weight excluding hydrogens is 284 g/mol. The molecule has 3 rings (SSSR count). The number of benzene rings is 2. The Morgan fingerprint density at radius 3 is 2.81 bits per heavy atom. The van der Waals surface area contributed by atoms with Gasteiger partial charge in [0.25, 0.3) is 5.91 Å². The number of fused-ring (bicyclic) bond motifs is 1. The number of nitrogens with two attached hydrogens (primary N) is 1. The second-order valence-corrected chi connectivity index (χ2v) is 5.47. The predicted octanol–water partition coefficient (Wildman–Crippen LogP) is 3.74. The Balaban J connectivity index is 1.88. The van der Waals surface area contributed by atoms with Crippen LogP contribution in [0.2, 0.25) is 0 Å². The highest BCUT2D eigenvalue weighted by atomic mass is 32.1. The average molecular weight is 298 g/mol. The molecule has 3 N–H and O–H groups in total. The zero-order valence-electron chi connectivity index (χ0n) is 11.4. The van der Waals surface area contributed by atoms with Crippen LogP contribution in [-0.2, 0) is 0 Å². The lowest BCUT2D eigenvalue weighted by Gasteiger charge is -2.08. The van der Waals surface area contributed by atoms with Gasteiger partial charge in [0, 0.05) is 21.2 Å². The van der Waals surface area contributed by atoms with E-state index in [4.69, 9.17) is 10.5 Å². The molecule has 5 heteroatoms. The van der Waals surface area contributed by atoms with E-state index < -0.39 is 0 Å². The molecule has 1 aromatic heterocycles. The van der Waals surface area contributed by atoms with Crippen LogP contribution in [0.5, 0.6) is 5.75 Å². The summed E-state index contributed by atoms with van der Waals surface area (Å²) in [5.74, 6) is 0.450. The van der Waals surface area contributed by atoms with Crippen molar-refractivity contribution in [1.82, 2.24) is 0 Å². The van der Waals surface area contributed by atoms with E-state index in [1.54, 1.807) is 36.6 Å². The molecule has 0 fully saturated rings. The van der Waals surface area contributed by atoms with Crippen molar-refractivity contribution in [3.05, 3.63) is 53.4 Å². The molecular formula is C16H14N2O2S. The lowest BCUT2D eigenvalue weighted by Crippen LogP contribution is -2.11. The first-order chi connectivity index (χ1) is 10.2. The summed E-state index contributed by atoms with van der Waals surface area (Å²) < 4.78 is 6.19. The number of rotatable bonds is 3. The Labute approximate surface area is 126 Å². The number of carbonyl (C=O) groups is 1. The zero-order valence-corrected chi connectivity index (χ0v) is 12.2. The molecule has 3 aromatic rings. The van der Waals surface area contributed by atoms with Crippen LogP contribution in [0, 0.1) is 0 Å². The fourth-order valence-corrected chi connectivity index (χ4v) is 3.11. The van der Waals surface area contributed by atoms with Crippen molar-refractivity contribution in [3.63, 3.8) is 0 Å². The SMILES string of the molecule is COc1ccc(NC(=O)c2csc3ccccc23)cc1N. The van der Waals surface area contributed by atoms with Gasteiger partial charge in [-0.3, -0.25) is 4.79 Å². The van der Waals surface area contributed by atoms with Gasteiger partial charge in [0.1, 0.15) is 5.75 Å². The van der Waals surface area contributed by atoms with Crippen LogP contribution in [-0.4, -0.2) is 13.0 Å². The summed E-state index contributed by atoms with van der Waals surface area (Å²) in [5.41, 5.74) is 7.65. The van der Waals surface area contributed by atoms with E-state index in [1.165, 1.54) is 0 Å². The molecule has 106 valence electrons. The standard InChI is InChI=1S/C16H14N2O2S/c1-20-14-7-6-10(8-13(14)17)18-16(19)12-9-21-15-5-3-2-4-11(12)15/h2-9H,17H2,1H3,(H,18,19). The minimum atomic E-state index is -0.142. The van der Waals surface area contributed by atoms with Gasteiger partial charge in [-0.25, -0.2) is 0 Å². The van der Waals surface area contributed by atoms with E-state index in [1.807, 2.05) is 29.6 Å². The van der Waals surface area contributed by atoms with Crippen LogP contribution < -0.4 is 15.8 Å². The third-order valence-electron chi connectivity index (χ3n) is 3.21. The third kappa shape index (κ3) is 2.55. The average Bonchev–Trinajstić information content (AvgIpc) is 2.91. The number of nitrogen functional groups attached to an aromatic ring is 1. The molecule has 0 saturated carbocycles. The molecule has 0 aliphatic carbocycles. The molecule has 0 aliphatic rings. The quantitative estimate of drug-likeness (QED) is 0.724. The molecule has 4 nitrogen and oxygen atoms in total. The first-order valence-corrected chi connectivity index (χ1v) is 7.28. The van der Waals surface area contributed by atoms with E-state index in [0.29, 0.717) is 22.7 Å². The summed E-state index contributed by atoms with van der Waals surface area (Å²) >= 11 is 1.56. The Morgan fingerprint density at radius 2 is 2.05 bits per heavy atom. The first-order valence-electron chi connectivity index (χ1n) is 6.40. The van der Waals surface area contributed by atoms with Crippen LogP contribution in [0.3, 0.4) is 0 Å². The van der Waals surface area contributed by atoms with Crippen molar-refractivity contribution in [1.29, 1.82) is 0 Å². The van der Waals surface area contributed by atoms with Crippen LogP contribution >= 0.6 is 11.3 Å². The maximum absolute atomic E-state index is 12.4. The molecule has 0 atom stereocenters. The molecule has 0 bridgehead atoms. The van der Waals surface area contributed by atoms with Crippen molar-refractivity contribution in [2.75, 3.05) is 18.2 Å². The summed E-state index contributed by atoms with van der Waals surface area (Å²) in [6.07, 6.45) is 0. The van der Waals surface area contributed by atoms with Crippen molar-refractivity contribution < 1.29 is 9.53 Å². The van der Waals surface area contributed by atoms with E-state index in [0.717, 1.165) is 10.1 Å². The normalized spacial score (nSPS) is 10.5. The van der Waals surface area contributed by atoms with Crippen molar-refractivity contribution in [2.24, 2.45) is 0 Å². The van der Waals surface area contributed by atoms with Gasteiger partial charge in [0.05, 0.1) is 18.4 Å². The Kier molecular flexibility index (Phi) is 3.50. The predicted molar refractivity (Wildman–Crippen MR) is 87.2 cm³/mol. The van der Waals surface area contributed by atoms with Crippen LogP contribution in [0.25, 0.3) is 10.1 Å². The zero-order chi connectivity index (χ0) is 14.8. The van der Waals surface area contributed by atoms with Gasteiger partial charge in [-0.1, -0.05) is 18.2 Å². The van der Waals surface area contributed by atoms with Gasteiger partial charge >= 0.3 is 0 Å². The molecule has 0 spiro atoms. The van der Waals surface area contributed by atoms with Crippen LogP contribution in [0.15, 0.2) is 47.8 Å². The fourth-order valence-electron chi connectivity index (χ4n) is 2.16. The topological polar surface area (TPSA) is 64.3 Å². The van der Waals surface area contributed by atoms with E-state index >= 15 is 0 Å². The number of hydrogen-bond acceptors (Lipinski definition) is 4. The number of hydrogen-bond donors (Lipinski definition) is 2. The van der Waals surface area contributed by atoms with E-state index in [2.05, 4.69) is 5.32 Å². The molecule has 0 unspecified atom stereocenters. The number of carbonyl (C=O) groups excluding carboxylic acids is 1. The monoisotopic (exact) mass is 298 g/mol. The molecule has 0 aliphatic heterocycles. The largest absolute Gasteiger partial charge is 0.495 e. The van der Waals surface area contributed by atoms with Crippen LogP contribution in [0.1, 0.15) is 10.4 Å². The van der Waals surface area contributed by atoms with Gasteiger partial charge in [0.2, 0.25) is 0 Å². The highest BCUT2D eigenvalue weighted by Crippen LogP contribution is 2.28. The molecule has 0 saturated heterocycles. The van der Waals surface area contributed by atoms with Gasteiger partial charge in [-0.2, -0.15) is 0 Å². The number of amides is 1. The number of anilines is 2. The summed E-state index contributed by atoms with van der Waals surface area (Å²) in [6, 6.07) is 13.0. The van der Waals surface area contributed by atoms with Gasteiger partial charge < -0.3 is 15.8 Å². The number of ether oxygens (including phenoxy) is 1. The molecule has 0 radical (unpaired) electrons. The highest BCUT2D eigenvalue weighted by molar-refractivity contribution is 7.17. The minimum absolute atomic E-state index is 0.142. The summed E-state index contributed by atoms with van der Waals surface area (Å²) in [7, 11) is 1.56. The van der Waals surface area contributed by atoms with Crippen molar-refractivity contribution >= 4 is 38.7 Å². The first kappa shape index (κ1) is 13.5. The Morgan fingerprint density at radius 1 is 1.24 bits per heavy atom. The second-order valence-electron chi connectivity index (χ2n) is 4.56. The number of thiophene rings is 1. The maximum Gasteiger partial charge on any atom is 0.257 e. The van der Waals surface area contributed by atoms with Crippen LogP contribution in [0.4, 0.5) is 11.4 Å². The molecule has 21 heavy (non-hydrogen) atoms. The Bertz CT molecular complexity index is 811. The van der Waals surface area contributed by atoms with Gasteiger partial charge in [-0.05, 0) is 24.3 Å².